The normalized spacial score (nSPS) is 13.5. The highest BCUT2D eigenvalue weighted by Gasteiger charge is 2.23. The molecule has 5 heteroatoms. The molecular formula is C19H35N2O2S+. The number of aryl methyl sites for hydroxylation is 2. The van der Waals surface area contributed by atoms with E-state index in [0.29, 0.717) is 4.90 Å². The van der Waals surface area contributed by atoms with Crippen LogP contribution in [0.5, 0.6) is 0 Å². The largest absolute Gasteiger partial charge is 0.335 e. The molecule has 0 heterocycles. The van der Waals surface area contributed by atoms with Gasteiger partial charge in [-0.25, -0.2) is 13.1 Å². The van der Waals surface area contributed by atoms with Gasteiger partial charge in [-0.1, -0.05) is 6.07 Å². The smallest absolute Gasteiger partial charge is 0.241 e. The molecule has 1 rings (SSSR count). The number of sulfonamides is 1. The minimum atomic E-state index is -3.48. The van der Waals surface area contributed by atoms with Crippen molar-refractivity contribution >= 4 is 10.0 Å². The molecule has 0 aromatic heterocycles. The van der Waals surface area contributed by atoms with Gasteiger partial charge in [-0.3, -0.25) is 0 Å². The lowest BCUT2D eigenvalue weighted by atomic mass is 10.0. The molecule has 1 aromatic carbocycles. The summed E-state index contributed by atoms with van der Waals surface area (Å²) in [6.45, 7) is 17.4. The van der Waals surface area contributed by atoms with E-state index in [1.54, 1.807) is 4.90 Å². The Morgan fingerprint density at radius 1 is 1.04 bits per heavy atom. The Bertz CT molecular complexity index is 624. The Morgan fingerprint density at radius 3 is 2.00 bits per heavy atom. The molecule has 1 atom stereocenters. The molecule has 0 fully saturated rings. The van der Waals surface area contributed by atoms with Crippen LogP contribution >= 0.6 is 0 Å². The summed E-state index contributed by atoms with van der Waals surface area (Å²) in [5, 5.41) is 0. The maximum Gasteiger partial charge on any atom is 0.241 e. The predicted molar refractivity (Wildman–Crippen MR) is 101 cm³/mol. The molecular weight excluding hydrogens is 320 g/mol. The van der Waals surface area contributed by atoms with Gasteiger partial charge >= 0.3 is 0 Å². The van der Waals surface area contributed by atoms with Gasteiger partial charge in [0.15, 0.2) is 0 Å². The minimum Gasteiger partial charge on any atom is -0.335 e. The van der Waals surface area contributed by atoms with Crippen molar-refractivity contribution in [1.82, 2.24) is 4.72 Å². The van der Waals surface area contributed by atoms with Crippen molar-refractivity contribution in [2.75, 3.05) is 19.6 Å². The van der Waals surface area contributed by atoms with Gasteiger partial charge in [0.1, 0.15) is 0 Å². The third-order valence-electron chi connectivity index (χ3n) is 5.09. The fourth-order valence-corrected chi connectivity index (χ4v) is 5.12. The summed E-state index contributed by atoms with van der Waals surface area (Å²) in [7, 11) is -3.48. The molecule has 0 aliphatic carbocycles. The zero-order chi connectivity index (χ0) is 18.5. The Morgan fingerprint density at radius 2 is 1.54 bits per heavy atom. The molecule has 4 nitrogen and oxygen atoms in total. The van der Waals surface area contributed by atoms with Crippen molar-refractivity contribution in [1.29, 1.82) is 0 Å². The lowest BCUT2D eigenvalue weighted by Crippen LogP contribution is -3.11. The fourth-order valence-electron chi connectivity index (χ4n) is 3.23. The number of hydrogen-bond donors (Lipinski definition) is 2. The van der Waals surface area contributed by atoms with E-state index < -0.39 is 10.0 Å². The van der Waals surface area contributed by atoms with E-state index in [0.717, 1.165) is 54.7 Å². The van der Waals surface area contributed by atoms with Gasteiger partial charge in [0, 0.05) is 6.04 Å². The number of hydrogen-bond acceptors (Lipinski definition) is 2. The van der Waals surface area contributed by atoms with Gasteiger partial charge in [-0.15, -0.1) is 0 Å². The highest BCUT2D eigenvalue weighted by Crippen LogP contribution is 2.26. The van der Waals surface area contributed by atoms with Crippen molar-refractivity contribution in [2.45, 2.75) is 72.2 Å². The van der Waals surface area contributed by atoms with Crippen LogP contribution in [0.3, 0.4) is 0 Å². The van der Waals surface area contributed by atoms with E-state index >= 15 is 0 Å². The number of nitrogens with one attached hydrogen (secondary N) is 2. The molecule has 0 aliphatic rings. The Labute approximate surface area is 148 Å². The van der Waals surface area contributed by atoms with Crippen LogP contribution < -0.4 is 9.62 Å². The van der Waals surface area contributed by atoms with E-state index in [4.69, 9.17) is 0 Å². The Kier molecular flexibility index (Phi) is 7.90. The zero-order valence-electron chi connectivity index (χ0n) is 16.4. The summed E-state index contributed by atoms with van der Waals surface area (Å²) in [5.74, 6) is 0. The molecule has 24 heavy (non-hydrogen) atoms. The summed E-state index contributed by atoms with van der Waals surface area (Å²) in [6, 6.07) is 2.00. The zero-order valence-corrected chi connectivity index (χ0v) is 17.2. The lowest BCUT2D eigenvalue weighted by Gasteiger charge is -2.20. The quantitative estimate of drug-likeness (QED) is 0.714. The Hall–Kier alpha value is -0.910. The topological polar surface area (TPSA) is 50.6 Å². The first kappa shape index (κ1) is 21.1. The molecule has 0 saturated heterocycles. The second-order valence-corrected chi connectivity index (χ2v) is 8.61. The molecule has 1 aromatic rings. The van der Waals surface area contributed by atoms with E-state index in [2.05, 4.69) is 24.6 Å². The minimum absolute atomic E-state index is 0.0513. The predicted octanol–water partition coefficient (Wildman–Crippen LogP) is 2.29. The second-order valence-electron chi connectivity index (χ2n) is 6.96. The van der Waals surface area contributed by atoms with Crippen molar-refractivity contribution in [3.63, 3.8) is 0 Å². The standard InChI is InChI=1S/C19H34N2O2S/c1-8-21(9-2)12-10-11-16(5)20-24(22,23)19-17(6)14(3)13-15(4)18(19)7/h13,16,20H,8-12H2,1-7H3/p+1/t16-/m0/s1. The van der Waals surface area contributed by atoms with Gasteiger partial charge in [-0.2, -0.15) is 0 Å². The van der Waals surface area contributed by atoms with Gasteiger partial charge in [0.2, 0.25) is 10.0 Å². The van der Waals surface area contributed by atoms with Gasteiger partial charge < -0.3 is 4.90 Å². The van der Waals surface area contributed by atoms with E-state index in [1.807, 2.05) is 34.6 Å². The third kappa shape index (κ3) is 5.30. The molecule has 0 saturated carbocycles. The average Bonchev–Trinajstić information content (AvgIpc) is 2.49. The van der Waals surface area contributed by atoms with Gasteiger partial charge in [-0.05, 0) is 83.6 Å². The first-order valence-corrected chi connectivity index (χ1v) is 10.6. The van der Waals surface area contributed by atoms with Crippen LogP contribution in [0.15, 0.2) is 11.0 Å². The molecule has 0 unspecified atom stereocenters. The maximum atomic E-state index is 12.9. The summed E-state index contributed by atoms with van der Waals surface area (Å²) in [6.07, 6.45) is 1.90. The average molecular weight is 356 g/mol. The first-order valence-electron chi connectivity index (χ1n) is 9.07. The van der Waals surface area contributed by atoms with Crippen LogP contribution in [0.25, 0.3) is 0 Å². The second kappa shape index (κ2) is 8.97. The lowest BCUT2D eigenvalue weighted by molar-refractivity contribution is -0.896. The van der Waals surface area contributed by atoms with Crippen LogP contribution in [-0.4, -0.2) is 34.1 Å². The van der Waals surface area contributed by atoms with Crippen LogP contribution in [-0.2, 0) is 10.0 Å². The van der Waals surface area contributed by atoms with Crippen molar-refractivity contribution in [3.05, 3.63) is 28.3 Å². The van der Waals surface area contributed by atoms with Crippen LogP contribution in [0, 0.1) is 27.7 Å². The van der Waals surface area contributed by atoms with Gasteiger partial charge in [0.25, 0.3) is 0 Å². The van der Waals surface area contributed by atoms with Crippen molar-refractivity contribution in [3.8, 4) is 0 Å². The molecule has 0 aliphatic heterocycles. The van der Waals surface area contributed by atoms with Crippen molar-refractivity contribution < 1.29 is 13.3 Å². The number of rotatable bonds is 9. The van der Waals surface area contributed by atoms with Crippen LogP contribution in [0.2, 0.25) is 0 Å². The first-order chi connectivity index (χ1) is 11.1. The number of quaternary nitrogens is 1. The molecule has 0 bridgehead atoms. The molecule has 0 radical (unpaired) electrons. The highest BCUT2D eigenvalue weighted by molar-refractivity contribution is 7.89. The summed E-state index contributed by atoms with van der Waals surface area (Å²) in [4.78, 5) is 2.02. The van der Waals surface area contributed by atoms with Crippen molar-refractivity contribution in [2.24, 2.45) is 0 Å². The fraction of sp³-hybridized carbons (Fsp3) is 0.684. The summed E-state index contributed by atoms with van der Waals surface area (Å²) < 4.78 is 28.6. The third-order valence-corrected chi connectivity index (χ3v) is 6.95. The van der Waals surface area contributed by atoms with E-state index in [-0.39, 0.29) is 6.04 Å². The molecule has 0 spiro atoms. The highest BCUT2D eigenvalue weighted by atomic mass is 32.2. The maximum absolute atomic E-state index is 12.9. The Balaban J connectivity index is 2.84. The van der Waals surface area contributed by atoms with E-state index in [1.165, 1.54) is 0 Å². The monoisotopic (exact) mass is 355 g/mol. The van der Waals surface area contributed by atoms with Gasteiger partial charge in [0.05, 0.1) is 24.5 Å². The van der Waals surface area contributed by atoms with Crippen LogP contribution in [0.1, 0.15) is 55.9 Å². The summed E-state index contributed by atoms with van der Waals surface area (Å²) >= 11 is 0. The van der Waals surface area contributed by atoms with Crippen LogP contribution in [0.4, 0.5) is 0 Å². The molecule has 138 valence electrons. The molecule has 0 amide bonds. The molecule has 2 N–H and O–H groups in total. The summed E-state index contributed by atoms with van der Waals surface area (Å²) in [5.41, 5.74) is 3.75. The van der Waals surface area contributed by atoms with E-state index in [9.17, 15) is 8.42 Å². The SMILES string of the molecule is CC[NH+](CC)CCC[C@H](C)NS(=O)(=O)c1c(C)c(C)cc(C)c1C. The number of benzene rings is 1.